The van der Waals surface area contributed by atoms with Gasteiger partial charge in [0.25, 0.3) is 0 Å². The molecule has 0 nitrogen and oxygen atoms in total. The van der Waals surface area contributed by atoms with E-state index in [0.717, 1.165) is 56.2 Å². The highest BCUT2D eigenvalue weighted by atomic mass is 32.2. The lowest BCUT2D eigenvalue weighted by molar-refractivity contribution is 0.181. The average molecular weight is 422 g/mol. The molecule has 0 amide bonds. The molecule has 0 saturated heterocycles. The molecule has 0 unspecified atom stereocenters. The van der Waals surface area contributed by atoms with Crippen molar-refractivity contribution in [3.05, 3.63) is 0 Å². The van der Waals surface area contributed by atoms with Gasteiger partial charge < -0.3 is 0 Å². The van der Waals surface area contributed by atoms with Crippen LogP contribution >= 0.6 is 0 Å². The molecular formula is C28H53S+. The van der Waals surface area contributed by atoms with Gasteiger partial charge >= 0.3 is 0 Å². The summed E-state index contributed by atoms with van der Waals surface area (Å²) in [7, 11) is 0.718. The van der Waals surface area contributed by atoms with Crippen molar-refractivity contribution >= 4 is 10.9 Å². The Labute approximate surface area is 187 Å². The zero-order valence-corrected chi connectivity index (χ0v) is 21.8. The van der Waals surface area contributed by atoms with Crippen molar-refractivity contribution in [3.63, 3.8) is 0 Å². The Bertz CT molecular complexity index is 435. The van der Waals surface area contributed by atoms with Crippen LogP contribution in [0.2, 0.25) is 0 Å². The lowest BCUT2D eigenvalue weighted by Crippen LogP contribution is -2.46. The SMILES string of the molecule is CC(C)C1CCC([S+](C2CCC(C(C)C)CC2)C2CCC(C(C)(C)C)CC2)CC1. The summed E-state index contributed by atoms with van der Waals surface area (Å²) in [6.45, 7) is 17.3. The molecule has 3 aliphatic carbocycles. The first-order valence-electron chi connectivity index (χ1n) is 13.4. The predicted molar refractivity (Wildman–Crippen MR) is 134 cm³/mol. The minimum atomic E-state index is 0.522. The van der Waals surface area contributed by atoms with Gasteiger partial charge in [0.05, 0.1) is 0 Å². The van der Waals surface area contributed by atoms with E-state index in [9.17, 15) is 0 Å². The van der Waals surface area contributed by atoms with Gasteiger partial charge in [-0.1, -0.05) is 48.5 Å². The van der Waals surface area contributed by atoms with Crippen molar-refractivity contribution in [3.8, 4) is 0 Å². The molecule has 3 saturated carbocycles. The van der Waals surface area contributed by atoms with Gasteiger partial charge in [-0.25, -0.2) is 0 Å². The molecule has 0 bridgehead atoms. The maximum Gasteiger partial charge on any atom is 0.118 e. The van der Waals surface area contributed by atoms with Gasteiger partial charge in [0.1, 0.15) is 15.7 Å². The highest BCUT2D eigenvalue weighted by molar-refractivity contribution is 7.98. The van der Waals surface area contributed by atoms with Gasteiger partial charge in [-0.15, -0.1) is 0 Å². The summed E-state index contributed by atoms with van der Waals surface area (Å²) in [5.74, 6) is 4.82. The largest absolute Gasteiger partial charge is 0.118 e. The van der Waals surface area contributed by atoms with Crippen molar-refractivity contribution in [1.82, 2.24) is 0 Å². The summed E-state index contributed by atoms with van der Waals surface area (Å²) in [6, 6.07) is 0. The maximum absolute atomic E-state index is 2.48. The highest BCUT2D eigenvalue weighted by Gasteiger charge is 2.48. The molecule has 0 N–H and O–H groups in total. The van der Waals surface area contributed by atoms with Gasteiger partial charge in [0.2, 0.25) is 0 Å². The minimum absolute atomic E-state index is 0.522. The van der Waals surface area contributed by atoms with Crippen molar-refractivity contribution in [2.45, 2.75) is 141 Å². The van der Waals surface area contributed by atoms with Gasteiger partial charge in [0.15, 0.2) is 0 Å². The molecule has 29 heavy (non-hydrogen) atoms. The van der Waals surface area contributed by atoms with Crippen LogP contribution in [-0.4, -0.2) is 15.7 Å². The first kappa shape index (κ1) is 24.0. The third-order valence-electron chi connectivity index (χ3n) is 9.38. The molecule has 0 aromatic carbocycles. The van der Waals surface area contributed by atoms with Gasteiger partial charge in [0, 0.05) is 0 Å². The zero-order valence-electron chi connectivity index (χ0n) is 21.0. The summed E-state index contributed by atoms with van der Waals surface area (Å²) in [5.41, 5.74) is 0.522. The molecule has 0 aromatic rings. The van der Waals surface area contributed by atoms with E-state index in [1.54, 1.807) is 38.5 Å². The van der Waals surface area contributed by atoms with Crippen LogP contribution in [0.15, 0.2) is 0 Å². The molecule has 170 valence electrons. The monoisotopic (exact) mass is 421 g/mol. The lowest BCUT2D eigenvalue weighted by atomic mass is 9.72. The molecular weight excluding hydrogens is 368 g/mol. The van der Waals surface area contributed by atoms with Gasteiger partial charge in [-0.05, 0) is 123 Å². The first-order valence-corrected chi connectivity index (χ1v) is 14.8. The Hall–Kier alpha value is 0.350. The molecule has 1 heteroatoms. The molecule has 0 radical (unpaired) electrons. The van der Waals surface area contributed by atoms with E-state index >= 15 is 0 Å². The third kappa shape index (κ3) is 6.20. The lowest BCUT2D eigenvalue weighted by Gasteiger charge is -2.42. The third-order valence-corrected chi connectivity index (χ3v) is 13.1. The van der Waals surface area contributed by atoms with E-state index in [0.29, 0.717) is 5.41 Å². The van der Waals surface area contributed by atoms with Crippen LogP contribution in [0.4, 0.5) is 0 Å². The van der Waals surface area contributed by atoms with Gasteiger partial charge in [-0.2, -0.15) is 0 Å². The van der Waals surface area contributed by atoms with Crippen LogP contribution < -0.4 is 0 Å². The molecule has 0 spiro atoms. The number of rotatable bonds is 5. The van der Waals surface area contributed by atoms with E-state index in [1.807, 2.05) is 0 Å². The van der Waals surface area contributed by atoms with Gasteiger partial charge in [-0.3, -0.25) is 0 Å². The highest BCUT2D eigenvalue weighted by Crippen LogP contribution is 2.46. The van der Waals surface area contributed by atoms with Crippen molar-refractivity contribution in [1.29, 1.82) is 0 Å². The van der Waals surface area contributed by atoms with E-state index in [2.05, 4.69) is 48.5 Å². The van der Waals surface area contributed by atoms with Crippen molar-refractivity contribution < 1.29 is 0 Å². The van der Waals surface area contributed by atoms with Crippen molar-refractivity contribution in [2.75, 3.05) is 0 Å². The van der Waals surface area contributed by atoms with Crippen LogP contribution in [-0.2, 0) is 10.9 Å². The summed E-state index contributed by atoms with van der Waals surface area (Å²) in [4.78, 5) is 0. The van der Waals surface area contributed by atoms with Crippen LogP contribution in [0, 0.1) is 35.0 Å². The molecule has 3 rings (SSSR count). The Morgan fingerprint density at radius 1 is 0.517 bits per heavy atom. The summed E-state index contributed by atoms with van der Waals surface area (Å²) >= 11 is 0. The van der Waals surface area contributed by atoms with Crippen LogP contribution in [0.3, 0.4) is 0 Å². The molecule has 0 aliphatic heterocycles. The van der Waals surface area contributed by atoms with E-state index in [4.69, 9.17) is 0 Å². The molecule has 0 aromatic heterocycles. The van der Waals surface area contributed by atoms with E-state index in [-0.39, 0.29) is 0 Å². The number of hydrogen-bond donors (Lipinski definition) is 0. The minimum Gasteiger partial charge on any atom is -0.0625 e. The summed E-state index contributed by atoms with van der Waals surface area (Å²) in [5, 5.41) is 3.25. The fraction of sp³-hybridized carbons (Fsp3) is 1.00. The van der Waals surface area contributed by atoms with E-state index in [1.165, 1.54) is 38.5 Å². The predicted octanol–water partition coefficient (Wildman–Crippen LogP) is 8.64. The Kier molecular flexibility index (Phi) is 8.53. The second kappa shape index (κ2) is 10.3. The molecule has 3 aliphatic rings. The second-order valence-corrected chi connectivity index (χ2v) is 15.6. The van der Waals surface area contributed by atoms with E-state index < -0.39 is 0 Å². The van der Waals surface area contributed by atoms with Crippen LogP contribution in [0.5, 0.6) is 0 Å². The fourth-order valence-electron chi connectivity index (χ4n) is 7.07. The second-order valence-electron chi connectivity index (χ2n) is 12.8. The van der Waals surface area contributed by atoms with Crippen LogP contribution in [0.1, 0.15) is 126 Å². The Morgan fingerprint density at radius 2 is 0.828 bits per heavy atom. The molecule has 0 heterocycles. The quantitative estimate of drug-likeness (QED) is 0.390. The Morgan fingerprint density at radius 3 is 1.10 bits per heavy atom. The Balaban J connectivity index is 1.66. The molecule has 0 atom stereocenters. The van der Waals surface area contributed by atoms with Crippen molar-refractivity contribution in [2.24, 2.45) is 35.0 Å². The standard InChI is InChI=1S/C28H53S/c1-20(2)22-8-14-25(15-9-22)29(26-16-10-23(11-17-26)21(3)4)27-18-12-24(13-19-27)28(5,6)7/h20-27H,8-19H2,1-7H3/q+1. The topological polar surface area (TPSA) is 0 Å². The summed E-state index contributed by atoms with van der Waals surface area (Å²) in [6.07, 6.45) is 18.5. The maximum atomic E-state index is 2.48. The first-order chi connectivity index (χ1) is 13.7. The smallest absolute Gasteiger partial charge is 0.0625 e. The zero-order chi connectivity index (χ0) is 21.2. The average Bonchev–Trinajstić information content (AvgIpc) is 2.69. The summed E-state index contributed by atoms with van der Waals surface area (Å²) < 4.78 is 0. The number of hydrogen-bond acceptors (Lipinski definition) is 0. The fourth-order valence-corrected chi connectivity index (χ4v) is 11.2. The van der Waals surface area contributed by atoms with Crippen LogP contribution in [0.25, 0.3) is 0 Å². The molecule has 3 fully saturated rings. The normalized spacial score (nSPS) is 38.4.